The molecule has 0 aromatic heterocycles. The Hall–Kier alpha value is -2.04. The van der Waals surface area contributed by atoms with Gasteiger partial charge in [0.1, 0.15) is 5.75 Å². The zero-order valence-corrected chi connectivity index (χ0v) is 14.2. The predicted octanol–water partition coefficient (Wildman–Crippen LogP) is 3.87. The fourth-order valence-corrected chi connectivity index (χ4v) is 2.28. The number of aryl methyl sites for hydroxylation is 1. The van der Waals surface area contributed by atoms with E-state index < -0.39 is 5.97 Å². The van der Waals surface area contributed by atoms with Gasteiger partial charge in [0.25, 0.3) is 0 Å². The van der Waals surface area contributed by atoms with Crippen LogP contribution in [0.15, 0.2) is 18.2 Å². The second-order valence-corrected chi connectivity index (χ2v) is 6.01. The summed E-state index contributed by atoms with van der Waals surface area (Å²) in [7, 11) is 0. The number of hydrogen-bond acceptors (Lipinski definition) is 3. The van der Waals surface area contributed by atoms with E-state index in [4.69, 9.17) is 9.84 Å². The zero-order chi connectivity index (χ0) is 17.2. The number of unbranched alkanes of at least 4 members (excludes halogenated alkanes) is 1. The summed E-state index contributed by atoms with van der Waals surface area (Å²) in [4.78, 5) is 22.4. The Morgan fingerprint density at radius 3 is 2.61 bits per heavy atom. The highest BCUT2D eigenvalue weighted by Gasteiger charge is 2.10. The van der Waals surface area contributed by atoms with Crippen LogP contribution in [0, 0.1) is 5.92 Å². The van der Waals surface area contributed by atoms with Crippen LogP contribution < -0.4 is 10.1 Å². The lowest BCUT2D eigenvalue weighted by Gasteiger charge is -2.14. The van der Waals surface area contributed by atoms with E-state index in [1.807, 2.05) is 39.0 Å². The summed E-state index contributed by atoms with van der Waals surface area (Å²) in [6.07, 6.45) is 2.95. The van der Waals surface area contributed by atoms with E-state index >= 15 is 0 Å². The van der Waals surface area contributed by atoms with E-state index in [2.05, 4.69) is 5.32 Å². The maximum atomic E-state index is 11.9. The molecule has 2 N–H and O–H groups in total. The van der Waals surface area contributed by atoms with Crippen LogP contribution in [-0.4, -0.2) is 23.6 Å². The van der Waals surface area contributed by atoms with Crippen molar-refractivity contribution in [1.29, 1.82) is 0 Å². The van der Waals surface area contributed by atoms with Crippen LogP contribution in [0.1, 0.15) is 52.0 Å². The first kappa shape index (κ1) is 19.0. The molecule has 0 heterocycles. The number of carboxylic acid groups (broad SMARTS) is 1. The van der Waals surface area contributed by atoms with Gasteiger partial charge in [0.15, 0.2) is 0 Å². The number of carbonyl (C=O) groups excluding carboxylic acids is 1. The number of rotatable bonds is 10. The third kappa shape index (κ3) is 7.68. The van der Waals surface area contributed by atoms with E-state index in [0.717, 1.165) is 18.4 Å². The predicted molar refractivity (Wildman–Crippen MR) is 90.9 cm³/mol. The minimum absolute atomic E-state index is 0.0184. The van der Waals surface area contributed by atoms with Crippen molar-refractivity contribution in [3.8, 4) is 5.75 Å². The molecule has 0 saturated heterocycles. The monoisotopic (exact) mass is 321 g/mol. The second-order valence-electron chi connectivity index (χ2n) is 6.01. The molecule has 0 aliphatic carbocycles. The van der Waals surface area contributed by atoms with Gasteiger partial charge in [0, 0.05) is 12.8 Å². The smallest absolute Gasteiger partial charge is 0.303 e. The number of aliphatic carboxylic acids is 1. The molecule has 1 aromatic carbocycles. The van der Waals surface area contributed by atoms with Crippen molar-refractivity contribution in [3.05, 3.63) is 23.8 Å². The van der Waals surface area contributed by atoms with Gasteiger partial charge in [-0.15, -0.1) is 0 Å². The SMILES string of the molecule is CCOc1cc(CCCCC(=O)O)ccc1NC(=O)CC(C)C. The van der Waals surface area contributed by atoms with Crippen molar-refractivity contribution in [3.63, 3.8) is 0 Å². The zero-order valence-electron chi connectivity index (χ0n) is 14.2. The third-order valence-electron chi connectivity index (χ3n) is 3.32. The molecule has 1 amide bonds. The minimum atomic E-state index is -0.761. The quantitative estimate of drug-likeness (QED) is 0.641. The Bertz CT molecular complexity index is 526. The number of anilines is 1. The average Bonchev–Trinajstić information content (AvgIpc) is 2.45. The molecule has 0 radical (unpaired) electrons. The lowest BCUT2D eigenvalue weighted by Crippen LogP contribution is -2.14. The highest BCUT2D eigenvalue weighted by molar-refractivity contribution is 5.92. The maximum Gasteiger partial charge on any atom is 0.303 e. The normalized spacial score (nSPS) is 10.6. The van der Waals surface area contributed by atoms with E-state index in [1.54, 1.807) is 0 Å². The van der Waals surface area contributed by atoms with Gasteiger partial charge in [-0.1, -0.05) is 19.9 Å². The molecular formula is C18H27NO4. The van der Waals surface area contributed by atoms with Crippen molar-refractivity contribution in [2.24, 2.45) is 5.92 Å². The molecule has 0 aliphatic rings. The van der Waals surface area contributed by atoms with Gasteiger partial charge in [-0.2, -0.15) is 0 Å². The van der Waals surface area contributed by atoms with E-state index in [-0.39, 0.29) is 12.3 Å². The number of nitrogens with one attached hydrogen (secondary N) is 1. The van der Waals surface area contributed by atoms with E-state index in [0.29, 0.717) is 36.8 Å². The van der Waals surface area contributed by atoms with Crippen LogP contribution in [0.4, 0.5) is 5.69 Å². The Kier molecular flexibility index (Phi) is 8.16. The summed E-state index contributed by atoms with van der Waals surface area (Å²) in [6.45, 7) is 6.43. The highest BCUT2D eigenvalue weighted by atomic mass is 16.5. The van der Waals surface area contributed by atoms with Crippen molar-refractivity contribution in [2.45, 2.75) is 52.9 Å². The summed E-state index contributed by atoms with van der Waals surface area (Å²) < 4.78 is 5.62. The van der Waals surface area contributed by atoms with Crippen LogP contribution in [0.2, 0.25) is 0 Å². The van der Waals surface area contributed by atoms with Crippen molar-refractivity contribution >= 4 is 17.6 Å². The Morgan fingerprint density at radius 2 is 2.00 bits per heavy atom. The molecule has 0 aliphatic heterocycles. The standard InChI is InChI=1S/C18H27NO4/c1-4-23-16-12-14(7-5-6-8-18(21)22)9-10-15(16)19-17(20)11-13(2)3/h9-10,12-13H,4-8,11H2,1-3H3,(H,19,20)(H,21,22). The van der Waals surface area contributed by atoms with Crippen LogP contribution in [0.5, 0.6) is 5.75 Å². The fourth-order valence-electron chi connectivity index (χ4n) is 2.28. The molecule has 0 fully saturated rings. The molecule has 5 nitrogen and oxygen atoms in total. The summed E-state index contributed by atoms with van der Waals surface area (Å²) in [6, 6.07) is 5.74. The number of ether oxygens (including phenoxy) is 1. The van der Waals surface area contributed by atoms with Gasteiger partial charge in [-0.05, 0) is 49.8 Å². The summed E-state index contributed by atoms with van der Waals surface area (Å²) in [5.74, 6) is 0.192. The summed E-state index contributed by atoms with van der Waals surface area (Å²) in [5, 5.41) is 11.5. The molecular weight excluding hydrogens is 294 g/mol. The van der Waals surface area contributed by atoms with Gasteiger partial charge in [-0.25, -0.2) is 0 Å². The van der Waals surface area contributed by atoms with Gasteiger partial charge in [-0.3, -0.25) is 9.59 Å². The topological polar surface area (TPSA) is 75.6 Å². The molecule has 5 heteroatoms. The summed E-state index contributed by atoms with van der Waals surface area (Å²) >= 11 is 0. The summed E-state index contributed by atoms with van der Waals surface area (Å²) in [5.41, 5.74) is 1.77. The maximum absolute atomic E-state index is 11.9. The van der Waals surface area contributed by atoms with Crippen LogP contribution in [-0.2, 0) is 16.0 Å². The number of benzene rings is 1. The molecule has 0 bridgehead atoms. The van der Waals surface area contributed by atoms with Crippen LogP contribution >= 0.6 is 0 Å². The molecule has 1 aromatic rings. The molecule has 0 unspecified atom stereocenters. The molecule has 23 heavy (non-hydrogen) atoms. The number of amides is 1. The molecule has 0 spiro atoms. The molecule has 1 rings (SSSR count). The van der Waals surface area contributed by atoms with Gasteiger partial charge < -0.3 is 15.2 Å². The first-order valence-electron chi connectivity index (χ1n) is 8.19. The van der Waals surface area contributed by atoms with Gasteiger partial charge in [0.05, 0.1) is 12.3 Å². The van der Waals surface area contributed by atoms with Gasteiger partial charge >= 0.3 is 5.97 Å². The van der Waals surface area contributed by atoms with E-state index in [1.165, 1.54) is 0 Å². The minimum Gasteiger partial charge on any atom is -0.492 e. The van der Waals surface area contributed by atoms with Crippen molar-refractivity contribution in [2.75, 3.05) is 11.9 Å². The molecule has 128 valence electrons. The molecule has 0 atom stereocenters. The van der Waals surface area contributed by atoms with Crippen molar-refractivity contribution < 1.29 is 19.4 Å². The average molecular weight is 321 g/mol. The van der Waals surface area contributed by atoms with Crippen molar-refractivity contribution in [1.82, 2.24) is 0 Å². The number of carboxylic acids is 1. The second kappa shape index (κ2) is 9.87. The van der Waals surface area contributed by atoms with Crippen LogP contribution in [0.25, 0.3) is 0 Å². The van der Waals surface area contributed by atoms with E-state index in [9.17, 15) is 9.59 Å². The van der Waals surface area contributed by atoms with Gasteiger partial charge in [0.2, 0.25) is 5.91 Å². The highest BCUT2D eigenvalue weighted by Crippen LogP contribution is 2.27. The van der Waals surface area contributed by atoms with Crippen LogP contribution in [0.3, 0.4) is 0 Å². The third-order valence-corrected chi connectivity index (χ3v) is 3.32. The number of carbonyl (C=O) groups is 2. The lowest BCUT2D eigenvalue weighted by atomic mass is 10.1. The fraction of sp³-hybridized carbons (Fsp3) is 0.556. The first-order chi connectivity index (χ1) is 10.9. The lowest BCUT2D eigenvalue weighted by molar-refractivity contribution is -0.137. The largest absolute Gasteiger partial charge is 0.492 e. The Labute approximate surface area is 138 Å². The molecule has 0 saturated carbocycles. The first-order valence-corrected chi connectivity index (χ1v) is 8.19. The number of hydrogen-bond donors (Lipinski definition) is 2. The Morgan fingerprint density at radius 1 is 1.26 bits per heavy atom. The Balaban J connectivity index is 2.69.